The Morgan fingerprint density at radius 1 is 0.561 bits per heavy atom. The van der Waals surface area contributed by atoms with E-state index in [2.05, 4.69) is 23.8 Å². The molecule has 204 valence electrons. The summed E-state index contributed by atoms with van der Waals surface area (Å²) >= 11 is 0. The number of carbonyl (C=O) groups is 4. The first-order valence-corrected chi connectivity index (χ1v) is 12.2. The van der Waals surface area contributed by atoms with Gasteiger partial charge in [0.25, 0.3) is 11.8 Å². The van der Waals surface area contributed by atoms with Crippen LogP contribution in [-0.2, 0) is 0 Å². The number of nitrogens with one attached hydrogen (secondary N) is 2. The SMILES string of the molecule is C=Cc1ccc(C(=O)Nc2ccc(Oc3ccc(NC(=O)c4ccc(C=C)cc4C(=O)O)cc3)cc2)c(C(=O)O)c1. The summed E-state index contributed by atoms with van der Waals surface area (Å²) in [6, 6.07) is 21.8. The zero-order valence-electron chi connectivity index (χ0n) is 21.6. The fraction of sp³-hybridized carbons (Fsp3) is 0. The Morgan fingerprint density at radius 2 is 0.927 bits per heavy atom. The van der Waals surface area contributed by atoms with Gasteiger partial charge in [-0.15, -0.1) is 0 Å². The molecule has 41 heavy (non-hydrogen) atoms. The molecule has 4 rings (SSSR count). The Bertz CT molecular complexity index is 1550. The summed E-state index contributed by atoms with van der Waals surface area (Å²) < 4.78 is 5.82. The summed E-state index contributed by atoms with van der Waals surface area (Å²) in [4.78, 5) is 48.6. The minimum absolute atomic E-state index is 0.0172. The van der Waals surface area contributed by atoms with Gasteiger partial charge in [0.1, 0.15) is 11.5 Å². The van der Waals surface area contributed by atoms with Crippen LogP contribution in [0.1, 0.15) is 52.6 Å². The molecule has 9 nitrogen and oxygen atoms in total. The number of aromatic carboxylic acids is 2. The first-order valence-electron chi connectivity index (χ1n) is 12.2. The average Bonchev–Trinajstić information content (AvgIpc) is 2.98. The molecule has 0 saturated heterocycles. The molecule has 0 saturated carbocycles. The molecule has 4 aromatic rings. The zero-order valence-corrected chi connectivity index (χ0v) is 21.6. The minimum Gasteiger partial charge on any atom is -0.478 e. The van der Waals surface area contributed by atoms with E-state index in [1.807, 2.05) is 0 Å². The van der Waals surface area contributed by atoms with E-state index in [1.54, 1.807) is 60.7 Å². The smallest absolute Gasteiger partial charge is 0.336 e. The number of rotatable bonds is 10. The third kappa shape index (κ3) is 6.73. The number of amides is 2. The van der Waals surface area contributed by atoms with Crippen LogP contribution in [0, 0.1) is 0 Å². The molecule has 0 bridgehead atoms. The second kappa shape index (κ2) is 12.3. The van der Waals surface area contributed by atoms with E-state index >= 15 is 0 Å². The predicted octanol–water partition coefficient (Wildman–Crippen LogP) is 6.67. The number of hydrogen-bond donors (Lipinski definition) is 4. The highest BCUT2D eigenvalue weighted by Crippen LogP contribution is 2.26. The van der Waals surface area contributed by atoms with Gasteiger partial charge in [-0.1, -0.05) is 37.4 Å². The van der Waals surface area contributed by atoms with E-state index in [9.17, 15) is 29.4 Å². The lowest BCUT2D eigenvalue weighted by atomic mass is 10.0. The Kier molecular flexibility index (Phi) is 8.39. The van der Waals surface area contributed by atoms with Crippen LogP contribution in [-0.4, -0.2) is 34.0 Å². The van der Waals surface area contributed by atoms with E-state index in [4.69, 9.17) is 4.74 Å². The molecule has 0 spiro atoms. The van der Waals surface area contributed by atoms with Crippen molar-refractivity contribution in [1.82, 2.24) is 0 Å². The summed E-state index contributed by atoms with van der Waals surface area (Å²) in [7, 11) is 0. The van der Waals surface area contributed by atoms with E-state index < -0.39 is 23.8 Å². The largest absolute Gasteiger partial charge is 0.478 e. The fourth-order valence-corrected chi connectivity index (χ4v) is 3.87. The van der Waals surface area contributed by atoms with Crippen molar-refractivity contribution in [2.24, 2.45) is 0 Å². The standard InChI is InChI=1S/C32H24N2O7/c1-3-19-5-15-25(27(17-19)31(37)38)29(35)33-21-7-11-23(12-8-21)41-24-13-9-22(10-14-24)34-30(36)26-16-6-20(4-2)18-28(26)32(39)40/h3-18H,1-2H2,(H,33,35)(H,34,36)(H,37,38)(H,39,40). The van der Waals surface area contributed by atoms with Crippen LogP contribution < -0.4 is 15.4 Å². The number of hydrogen-bond acceptors (Lipinski definition) is 5. The van der Waals surface area contributed by atoms with Gasteiger partial charge in [0.05, 0.1) is 22.3 Å². The molecule has 0 aliphatic heterocycles. The van der Waals surface area contributed by atoms with Crippen LogP contribution in [0.4, 0.5) is 11.4 Å². The van der Waals surface area contributed by atoms with Crippen molar-refractivity contribution in [3.8, 4) is 11.5 Å². The molecular formula is C32H24N2O7. The van der Waals surface area contributed by atoms with Crippen LogP contribution >= 0.6 is 0 Å². The van der Waals surface area contributed by atoms with Gasteiger partial charge < -0.3 is 25.6 Å². The zero-order chi connectivity index (χ0) is 29.5. The third-order valence-corrected chi connectivity index (χ3v) is 5.97. The van der Waals surface area contributed by atoms with E-state index in [0.29, 0.717) is 34.0 Å². The number of ether oxygens (including phenoxy) is 1. The molecule has 0 heterocycles. The summed E-state index contributed by atoms with van der Waals surface area (Å²) in [6.07, 6.45) is 2.99. The highest BCUT2D eigenvalue weighted by Gasteiger charge is 2.18. The van der Waals surface area contributed by atoms with Gasteiger partial charge >= 0.3 is 11.9 Å². The predicted molar refractivity (Wildman–Crippen MR) is 156 cm³/mol. The molecule has 4 aromatic carbocycles. The molecule has 0 aliphatic carbocycles. The molecule has 0 atom stereocenters. The molecule has 0 unspecified atom stereocenters. The van der Waals surface area contributed by atoms with Crippen molar-refractivity contribution in [2.75, 3.05) is 10.6 Å². The first-order chi connectivity index (χ1) is 19.7. The molecule has 0 fully saturated rings. The van der Waals surface area contributed by atoms with Crippen molar-refractivity contribution >= 4 is 47.3 Å². The number of carboxylic acid groups (broad SMARTS) is 2. The molecule has 4 N–H and O–H groups in total. The van der Waals surface area contributed by atoms with E-state index in [-0.39, 0.29) is 22.3 Å². The number of anilines is 2. The van der Waals surface area contributed by atoms with Crippen molar-refractivity contribution in [3.63, 3.8) is 0 Å². The molecule has 9 heteroatoms. The maximum Gasteiger partial charge on any atom is 0.336 e. The van der Waals surface area contributed by atoms with Crippen LogP contribution in [0.15, 0.2) is 98.1 Å². The number of carbonyl (C=O) groups excluding carboxylic acids is 2. The van der Waals surface area contributed by atoms with Crippen LogP contribution in [0.2, 0.25) is 0 Å². The number of benzene rings is 4. The lowest BCUT2D eigenvalue weighted by Crippen LogP contribution is -2.16. The van der Waals surface area contributed by atoms with Gasteiger partial charge in [-0.05, 0) is 83.9 Å². The Morgan fingerprint density at radius 3 is 1.24 bits per heavy atom. The molecule has 2 amide bonds. The van der Waals surface area contributed by atoms with Crippen molar-refractivity contribution < 1.29 is 34.1 Å². The van der Waals surface area contributed by atoms with Crippen LogP contribution in [0.5, 0.6) is 11.5 Å². The average molecular weight is 549 g/mol. The van der Waals surface area contributed by atoms with E-state index in [0.717, 1.165) is 0 Å². The van der Waals surface area contributed by atoms with Crippen molar-refractivity contribution in [3.05, 3.63) is 131 Å². The van der Waals surface area contributed by atoms with Gasteiger partial charge in [-0.3, -0.25) is 9.59 Å². The summed E-state index contributed by atoms with van der Waals surface area (Å²) in [5.41, 5.74) is 1.81. The van der Waals surface area contributed by atoms with Gasteiger partial charge in [0, 0.05) is 11.4 Å². The third-order valence-electron chi connectivity index (χ3n) is 5.97. The Balaban J connectivity index is 1.39. The molecule has 0 radical (unpaired) electrons. The van der Waals surface area contributed by atoms with Crippen LogP contribution in [0.25, 0.3) is 12.2 Å². The maximum absolute atomic E-state index is 12.7. The maximum atomic E-state index is 12.7. The fourth-order valence-electron chi connectivity index (χ4n) is 3.87. The normalized spacial score (nSPS) is 10.2. The molecular weight excluding hydrogens is 524 g/mol. The lowest BCUT2D eigenvalue weighted by molar-refractivity contribution is 0.0683. The molecule has 0 aliphatic rings. The van der Waals surface area contributed by atoms with Gasteiger partial charge in [-0.25, -0.2) is 9.59 Å². The lowest BCUT2D eigenvalue weighted by Gasteiger charge is -2.11. The minimum atomic E-state index is -1.22. The van der Waals surface area contributed by atoms with Crippen molar-refractivity contribution in [2.45, 2.75) is 0 Å². The van der Waals surface area contributed by atoms with Gasteiger partial charge in [0.15, 0.2) is 0 Å². The highest BCUT2D eigenvalue weighted by atomic mass is 16.5. The Hall–Kier alpha value is -5.96. The second-order valence-electron chi connectivity index (χ2n) is 8.69. The summed E-state index contributed by atoms with van der Waals surface area (Å²) in [6.45, 7) is 7.22. The highest BCUT2D eigenvalue weighted by molar-refractivity contribution is 6.11. The van der Waals surface area contributed by atoms with Crippen LogP contribution in [0.3, 0.4) is 0 Å². The first kappa shape index (κ1) is 28.1. The topological polar surface area (TPSA) is 142 Å². The quantitative estimate of drug-likeness (QED) is 0.173. The van der Waals surface area contributed by atoms with E-state index in [1.165, 1.54) is 36.4 Å². The van der Waals surface area contributed by atoms with Crippen molar-refractivity contribution in [1.29, 1.82) is 0 Å². The van der Waals surface area contributed by atoms with Gasteiger partial charge in [-0.2, -0.15) is 0 Å². The Labute approximate surface area is 235 Å². The summed E-state index contributed by atoms with van der Waals surface area (Å²) in [5, 5.41) is 24.3. The number of carboxylic acids is 2. The van der Waals surface area contributed by atoms with Gasteiger partial charge in [0.2, 0.25) is 0 Å². The molecule has 0 aromatic heterocycles. The monoisotopic (exact) mass is 548 g/mol. The second-order valence-corrected chi connectivity index (χ2v) is 8.69. The summed E-state index contributed by atoms with van der Waals surface area (Å²) in [5.74, 6) is -2.65.